The van der Waals surface area contributed by atoms with Crippen molar-refractivity contribution in [3.8, 4) is 0 Å². The Morgan fingerprint density at radius 3 is 2.50 bits per heavy atom. The van der Waals surface area contributed by atoms with Crippen molar-refractivity contribution in [1.29, 1.82) is 0 Å². The predicted octanol–water partition coefficient (Wildman–Crippen LogP) is 3.17. The van der Waals surface area contributed by atoms with Crippen LogP contribution in [-0.2, 0) is 4.79 Å². The summed E-state index contributed by atoms with van der Waals surface area (Å²) in [6, 6.07) is 7.28. The lowest BCUT2D eigenvalue weighted by Gasteiger charge is -2.38. The first kappa shape index (κ1) is 15.0. The number of piperidine rings is 1. The van der Waals surface area contributed by atoms with Gasteiger partial charge in [0.1, 0.15) is 0 Å². The standard InChI is InChI=1S/C15H18BrNO3/c1-2-15(14(19)20)6-8-17(9-7-15)13(18)11-4-3-5-12(16)10-11/h3-5,10H,2,6-9H2,1H3,(H,19,20). The molecule has 108 valence electrons. The van der Waals surface area contributed by atoms with E-state index < -0.39 is 11.4 Å². The van der Waals surface area contributed by atoms with Crippen LogP contribution in [0.25, 0.3) is 0 Å². The molecule has 1 saturated heterocycles. The number of hydrogen-bond donors (Lipinski definition) is 1. The summed E-state index contributed by atoms with van der Waals surface area (Å²) in [6.45, 7) is 2.91. The van der Waals surface area contributed by atoms with E-state index in [1.54, 1.807) is 17.0 Å². The van der Waals surface area contributed by atoms with Crippen LogP contribution in [-0.4, -0.2) is 35.0 Å². The minimum absolute atomic E-state index is 0.0265. The molecule has 0 aliphatic carbocycles. The number of carboxylic acids is 1. The van der Waals surface area contributed by atoms with Crippen LogP contribution < -0.4 is 0 Å². The topological polar surface area (TPSA) is 57.6 Å². The molecule has 0 radical (unpaired) electrons. The second-order valence-electron chi connectivity index (χ2n) is 5.24. The fraction of sp³-hybridized carbons (Fsp3) is 0.467. The van der Waals surface area contributed by atoms with Gasteiger partial charge in [0.25, 0.3) is 5.91 Å². The normalized spacial score (nSPS) is 17.8. The lowest BCUT2D eigenvalue weighted by molar-refractivity contribution is -0.152. The second-order valence-corrected chi connectivity index (χ2v) is 6.16. The highest BCUT2D eigenvalue weighted by molar-refractivity contribution is 9.10. The van der Waals surface area contributed by atoms with Crippen LogP contribution in [0.2, 0.25) is 0 Å². The molecule has 1 aliphatic rings. The summed E-state index contributed by atoms with van der Waals surface area (Å²) < 4.78 is 0.869. The minimum Gasteiger partial charge on any atom is -0.481 e. The van der Waals surface area contributed by atoms with Crippen molar-refractivity contribution >= 4 is 27.8 Å². The van der Waals surface area contributed by atoms with Gasteiger partial charge in [-0.05, 0) is 37.5 Å². The Kier molecular flexibility index (Phi) is 4.48. The van der Waals surface area contributed by atoms with Crippen molar-refractivity contribution in [2.45, 2.75) is 26.2 Å². The minimum atomic E-state index is -0.741. The van der Waals surface area contributed by atoms with Gasteiger partial charge in [0, 0.05) is 23.1 Å². The summed E-state index contributed by atoms with van der Waals surface area (Å²) in [5.74, 6) is -0.768. The molecule has 1 aromatic carbocycles. The molecule has 5 heteroatoms. The first-order chi connectivity index (χ1) is 9.48. The monoisotopic (exact) mass is 339 g/mol. The third kappa shape index (κ3) is 2.87. The maximum atomic E-state index is 12.4. The molecule has 1 fully saturated rings. The number of halogens is 1. The molecule has 1 N–H and O–H groups in total. The summed E-state index contributed by atoms with van der Waals surface area (Å²) in [7, 11) is 0. The molecule has 0 saturated carbocycles. The van der Waals surface area contributed by atoms with Gasteiger partial charge in [-0.25, -0.2) is 0 Å². The SMILES string of the molecule is CCC1(C(=O)O)CCN(C(=O)c2cccc(Br)c2)CC1. The first-order valence-corrected chi connectivity index (χ1v) is 7.56. The van der Waals surface area contributed by atoms with Crippen molar-refractivity contribution in [3.05, 3.63) is 34.3 Å². The van der Waals surface area contributed by atoms with Crippen LogP contribution in [0.4, 0.5) is 0 Å². The lowest BCUT2D eigenvalue weighted by atomic mass is 9.76. The summed E-state index contributed by atoms with van der Waals surface area (Å²) in [4.78, 5) is 25.5. The quantitative estimate of drug-likeness (QED) is 0.920. The molecule has 4 nitrogen and oxygen atoms in total. The van der Waals surface area contributed by atoms with E-state index in [4.69, 9.17) is 0 Å². The van der Waals surface area contributed by atoms with E-state index >= 15 is 0 Å². The van der Waals surface area contributed by atoms with Crippen molar-refractivity contribution in [2.75, 3.05) is 13.1 Å². The van der Waals surface area contributed by atoms with E-state index in [0.717, 1.165) is 4.47 Å². The van der Waals surface area contributed by atoms with E-state index in [1.165, 1.54) is 0 Å². The molecule has 2 rings (SSSR count). The molecule has 1 heterocycles. The van der Waals surface area contributed by atoms with Crippen molar-refractivity contribution < 1.29 is 14.7 Å². The summed E-state index contributed by atoms with van der Waals surface area (Å²) in [5, 5.41) is 9.36. The zero-order valence-electron chi connectivity index (χ0n) is 11.4. The molecule has 1 amide bonds. The number of carbonyl (C=O) groups is 2. The number of benzene rings is 1. The highest BCUT2D eigenvalue weighted by Crippen LogP contribution is 2.35. The van der Waals surface area contributed by atoms with Crippen LogP contribution in [0.3, 0.4) is 0 Å². The van der Waals surface area contributed by atoms with E-state index in [2.05, 4.69) is 15.9 Å². The Balaban J connectivity index is 2.07. The molecular weight excluding hydrogens is 322 g/mol. The van der Waals surface area contributed by atoms with Gasteiger partial charge in [-0.1, -0.05) is 28.9 Å². The van der Waals surface area contributed by atoms with Gasteiger partial charge in [-0.2, -0.15) is 0 Å². The molecule has 1 aromatic rings. The largest absolute Gasteiger partial charge is 0.481 e. The summed E-state index contributed by atoms with van der Waals surface area (Å²) >= 11 is 3.35. The third-order valence-electron chi connectivity index (χ3n) is 4.21. The molecule has 0 aromatic heterocycles. The van der Waals surface area contributed by atoms with Crippen molar-refractivity contribution in [1.82, 2.24) is 4.90 Å². The van der Waals surface area contributed by atoms with E-state index in [1.807, 2.05) is 19.1 Å². The molecule has 0 bridgehead atoms. The average molecular weight is 340 g/mol. The van der Waals surface area contributed by atoms with Crippen LogP contribution in [0.1, 0.15) is 36.5 Å². The Morgan fingerprint density at radius 2 is 2.00 bits per heavy atom. The Bertz CT molecular complexity index is 522. The summed E-state index contributed by atoms with van der Waals surface area (Å²) in [6.07, 6.45) is 1.67. The Morgan fingerprint density at radius 1 is 1.35 bits per heavy atom. The number of rotatable bonds is 3. The zero-order chi connectivity index (χ0) is 14.8. The molecule has 1 aliphatic heterocycles. The van der Waals surface area contributed by atoms with E-state index in [-0.39, 0.29) is 5.91 Å². The zero-order valence-corrected chi connectivity index (χ0v) is 13.0. The third-order valence-corrected chi connectivity index (χ3v) is 4.70. The highest BCUT2D eigenvalue weighted by Gasteiger charge is 2.40. The second kappa shape index (κ2) is 5.95. The lowest BCUT2D eigenvalue weighted by Crippen LogP contribution is -2.46. The average Bonchev–Trinajstić information content (AvgIpc) is 2.46. The molecule has 20 heavy (non-hydrogen) atoms. The van der Waals surface area contributed by atoms with Gasteiger partial charge in [-0.3, -0.25) is 9.59 Å². The number of hydrogen-bond acceptors (Lipinski definition) is 2. The van der Waals surface area contributed by atoms with Gasteiger partial charge < -0.3 is 10.0 Å². The van der Waals surface area contributed by atoms with Crippen molar-refractivity contribution in [3.63, 3.8) is 0 Å². The van der Waals surface area contributed by atoms with Crippen LogP contribution >= 0.6 is 15.9 Å². The number of aliphatic carboxylic acids is 1. The highest BCUT2D eigenvalue weighted by atomic mass is 79.9. The van der Waals surface area contributed by atoms with Gasteiger partial charge in [-0.15, -0.1) is 0 Å². The van der Waals surface area contributed by atoms with Crippen molar-refractivity contribution in [2.24, 2.45) is 5.41 Å². The Hall–Kier alpha value is -1.36. The molecule has 0 spiro atoms. The predicted molar refractivity (Wildman–Crippen MR) is 79.6 cm³/mol. The first-order valence-electron chi connectivity index (χ1n) is 6.77. The van der Waals surface area contributed by atoms with Gasteiger partial charge in [0.15, 0.2) is 0 Å². The maximum absolute atomic E-state index is 12.4. The number of amides is 1. The fourth-order valence-electron chi connectivity index (χ4n) is 2.66. The number of carbonyl (C=O) groups excluding carboxylic acids is 1. The number of likely N-dealkylation sites (tertiary alicyclic amines) is 1. The number of carboxylic acid groups (broad SMARTS) is 1. The molecular formula is C15H18BrNO3. The van der Waals surface area contributed by atoms with Crippen LogP contribution in [0.5, 0.6) is 0 Å². The van der Waals surface area contributed by atoms with E-state index in [0.29, 0.717) is 37.9 Å². The smallest absolute Gasteiger partial charge is 0.309 e. The summed E-state index contributed by atoms with van der Waals surface area (Å²) in [5.41, 5.74) is -0.0210. The van der Waals surface area contributed by atoms with Crippen LogP contribution in [0, 0.1) is 5.41 Å². The Labute approximate surface area is 126 Å². The maximum Gasteiger partial charge on any atom is 0.309 e. The van der Waals surface area contributed by atoms with Crippen LogP contribution in [0.15, 0.2) is 28.7 Å². The van der Waals surface area contributed by atoms with Gasteiger partial charge >= 0.3 is 5.97 Å². The molecule has 0 unspecified atom stereocenters. The van der Waals surface area contributed by atoms with Gasteiger partial charge in [0.2, 0.25) is 0 Å². The fourth-order valence-corrected chi connectivity index (χ4v) is 3.06. The van der Waals surface area contributed by atoms with E-state index in [9.17, 15) is 14.7 Å². The van der Waals surface area contributed by atoms with Gasteiger partial charge in [0.05, 0.1) is 5.41 Å². The number of nitrogens with zero attached hydrogens (tertiary/aromatic N) is 1. The molecule has 0 atom stereocenters.